The summed E-state index contributed by atoms with van der Waals surface area (Å²) in [5.41, 5.74) is 0. The van der Waals surface area contributed by atoms with Gasteiger partial charge in [-0.1, -0.05) is 6.92 Å². The van der Waals surface area contributed by atoms with Gasteiger partial charge in [0.05, 0.1) is 12.5 Å². The Balaban J connectivity index is 2.65. The summed E-state index contributed by atoms with van der Waals surface area (Å²) < 4.78 is 4.80. The van der Waals surface area contributed by atoms with Gasteiger partial charge in [0, 0.05) is 0 Å². The molecule has 0 saturated carbocycles. The predicted octanol–water partition coefficient (Wildman–Crippen LogP) is 0.165. The molecule has 50 valence electrons. The molecular formula is C5H8N2O2. The summed E-state index contributed by atoms with van der Waals surface area (Å²) in [4.78, 5) is 0. The second-order valence-electron chi connectivity index (χ2n) is 1.86. The first kappa shape index (κ1) is 6.22. The fraction of sp³-hybridized carbons (Fsp3) is 0.600. The summed E-state index contributed by atoms with van der Waals surface area (Å²) in [5.74, 6) is 0.435. The molecule has 1 heterocycles. The maximum atomic E-state index is 8.58. The van der Waals surface area contributed by atoms with E-state index >= 15 is 0 Å². The molecule has 0 amide bonds. The Labute approximate surface area is 52.5 Å². The molecule has 1 aromatic heterocycles. The highest BCUT2D eigenvalue weighted by Gasteiger charge is 2.07. The van der Waals surface area contributed by atoms with Crippen molar-refractivity contribution >= 4 is 0 Å². The van der Waals surface area contributed by atoms with Crippen LogP contribution in [0.1, 0.15) is 18.7 Å². The number of rotatable bonds is 2. The molecular weight excluding hydrogens is 120 g/mol. The first-order valence-electron chi connectivity index (χ1n) is 2.71. The molecule has 0 radical (unpaired) electrons. The molecule has 0 aliphatic heterocycles. The van der Waals surface area contributed by atoms with Crippen molar-refractivity contribution in [2.24, 2.45) is 0 Å². The summed E-state index contributed by atoms with van der Waals surface area (Å²) in [6.45, 7) is 1.86. The van der Waals surface area contributed by atoms with Gasteiger partial charge in [0.25, 0.3) is 0 Å². The quantitative estimate of drug-likeness (QED) is 0.616. The first-order valence-corrected chi connectivity index (χ1v) is 2.71. The van der Waals surface area contributed by atoms with Crippen LogP contribution in [0.2, 0.25) is 0 Å². The van der Waals surface area contributed by atoms with E-state index in [4.69, 9.17) is 9.52 Å². The van der Waals surface area contributed by atoms with Crippen LogP contribution >= 0.6 is 0 Å². The number of nitrogens with zero attached hydrogens (tertiary/aromatic N) is 2. The van der Waals surface area contributed by atoms with Gasteiger partial charge >= 0.3 is 0 Å². The molecule has 1 aromatic rings. The largest absolute Gasteiger partial charge is 0.428 e. The van der Waals surface area contributed by atoms with Crippen LogP contribution in [-0.2, 0) is 0 Å². The van der Waals surface area contributed by atoms with Gasteiger partial charge in [0.2, 0.25) is 12.3 Å². The van der Waals surface area contributed by atoms with Crippen LogP contribution in [-0.4, -0.2) is 21.9 Å². The zero-order valence-corrected chi connectivity index (χ0v) is 5.11. The van der Waals surface area contributed by atoms with E-state index in [9.17, 15) is 0 Å². The Kier molecular flexibility index (Phi) is 1.79. The SMILES string of the molecule is CC(CO)c1nnco1. The van der Waals surface area contributed by atoms with Gasteiger partial charge in [-0.25, -0.2) is 0 Å². The number of aliphatic hydroxyl groups excluding tert-OH is 1. The molecule has 4 heteroatoms. The molecule has 0 aliphatic rings. The topological polar surface area (TPSA) is 59.2 Å². The van der Waals surface area contributed by atoms with Crippen molar-refractivity contribution in [3.05, 3.63) is 12.3 Å². The lowest BCUT2D eigenvalue weighted by Gasteiger charge is -1.97. The second kappa shape index (κ2) is 2.59. The smallest absolute Gasteiger partial charge is 0.221 e. The van der Waals surface area contributed by atoms with Crippen LogP contribution in [0.3, 0.4) is 0 Å². The zero-order chi connectivity index (χ0) is 6.69. The fourth-order valence-electron chi connectivity index (χ4n) is 0.474. The average molecular weight is 128 g/mol. The molecule has 1 atom stereocenters. The van der Waals surface area contributed by atoms with E-state index in [-0.39, 0.29) is 12.5 Å². The third-order valence-corrected chi connectivity index (χ3v) is 1.07. The number of aromatic nitrogens is 2. The predicted molar refractivity (Wildman–Crippen MR) is 29.8 cm³/mol. The minimum atomic E-state index is -0.0486. The van der Waals surface area contributed by atoms with E-state index in [0.29, 0.717) is 5.89 Å². The van der Waals surface area contributed by atoms with Crippen molar-refractivity contribution in [3.63, 3.8) is 0 Å². The number of hydrogen-bond donors (Lipinski definition) is 1. The van der Waals surface area contributed by atoms with E-state index in [1.54, 1.807) is 0 Å². The molecule has 1 unspecified atom stereocenters. The van der Waals surface area contributed by atoms with Crippen LogP contribution in [0.5, 0.6) is 0 Å². The van der Waals surface area contributed by atoms with Gasteiger partial charge in [0.15, 0.2) is 0 Å². The molecule has 0 bridgehead atoms. The summed E-state index contributed by atoms with van der Waals surface area (Å²) in [5, 5.41) is 15.7. The van der Waals surface area contributed by atoms with Crippen molar-refractivity contribution in [3.8, 4) is 0 Å². The van der Waals surface area contributed by atoms with E-state index < -0.39 is 0 Å². The molecule has 4 nitrogen and oxygen atoms in total. The van der Waals surface area contributed by atoms with E-state index in [1.165, 1.54) is 6.39 Å². The summed E-state index contributed by atoms with van der Waals surface area (Å²) in [6.07, 6.45) is 1.25. The number of hydrogen-bond acceptors (Lipinski definition) is 4. The molecule has 0 aliphatic carbocycles. The van der Waals surface area contributed by atoms with Crippen molar-refractivity contribution in [1.29, 1.82) is 0 Å². The lowest BCUT2D eigenvalue weighted by atomic mass is 10.2. The monoisotopic (exact) mass is 128 g/mol. The van der Waals surface area contributed by atoms with E-state index in [2.05, 4.69) is 10.2 Å². The molecule has 0 saturated heterocycles. The number of aliphatic hydroxyl groups is 1. The average Bonchev–Trinajstić information content (AvgIpc) is 2.37. The Morgan fingerprint density at radius 1 is 1.89 bits per heavy atom. The molecule has 9 heavy (non-hydrogen) atoms. The van der Waals surface area contributed by atoms with Crippen molar-refractivity contribution < 1.29 is 9.52 Å². The summed E-state index contributed by atoms with van der Waals surface area (Å²) in [6, 6.07) is 0. The highest BCUT2D eigenvalue weighted by Crippen LogP contribution is 2.08. The Morgan fingerprint density at radius 2 is 2.67 bits per heavy atom. The third-order valence-electron chi connectivity index (χ3n) is 1.07. The summed E-state index contributed by atoms with van der Waals surface area (Å²) in [7, 11) is 0. The van der Waals surface area contributed by atoms with Crippen LogP contribution in [0.4, 0.5) is 0 Å². The summed E-state index contributed by atoms with van der Waals surface area (Å²) >= 11 is 0. The molecule has 0 spiro atoms. The minimum Gasteiger partial charge on any atom is -0.428 e. The highest BCUT2D eigenvalue weighted by molar-refractivity contribution is 4.83. The van der Waals surface area contributed by atoms with E-state index in [1.807, 2.05) is 6.92 Å². The Morgan fingerprint density at radius 3 is 3.11 bits per heavy atom. The Hall–Kier alpha value is -0.900. The van der Waals surface area contributed by atoms with Crippen LogP contribution < -0.4 is 0 Å². The van der Waals surface area contributed by atoms with Gasteiger partial charge in [-0.05, 0) is 0 Å². The minimum absolute atomic E-state index is 0.0438. The van der Waals surface area contributed by atoms with Gasteiger partial charge in [-0.3, -0.25) is 0 Å². The molecule has 1 N–H and O–H groups in total. The lowest BCUT2D eigenvalue weighted by molar-refractivity contribution is 0.254. The fourth-order valence-corrected chi connectivity index (χ4v) is 0.474. The van der Waals surface area contributed by atoms with E-state index in [0.717, 1.165) is 0 Å². The highest BCUT2D eigenvalue weighted by atomic mass is 16.4. The first-order chi connectivity index (χ1) is 4.34. The van der Waals surface area contributed by atoms with Gasteiger partial charge < -0.3 is 9.52 Å². The second-order valence-corrected chi connectivity index (χ2v) is 1.86. The van der Waals surface area contributed by atoms with Gasteiger partial charge in [0.1, 0.15) is 0 Å². The van der Waals surface area contributed by atoms with Crippen molar-refractivity contribution in [1.82, 2.24) is 10.2 Å². The Bertz CT molecular complexity index is 161. The molecule has 1 rings (SSSR count). The lowest BCUT2D eigenvalue weighted by Crippen LogP contribution is -1.98. The van der Waals surface area contributed by atoms with Crippen molar-refractivity contribution in [2.45, 2.75) is 12.8 Å². The van der Waals surface area contributed by atoms with Crippen LogP contribution in [0.15, 0.2) is 10.8 Å². The maximum absolute atomic E-state index is 8.58. The molecule has 0 fully saturated rings. The normalized spacial score (nSPS) is 13.6. The van der Waals surface area contributed by atoms with Crippen LogP contribution in [0.25, 0.3) is 0 Å². The third kappa shape index (κ3) is 1.26. The van der Waals surface area contributed by atoms with Crippen molar-refractivity contribution in [2.75, 3.05) is 6.61 Å². The standard InChI is InChI=1S/C5H8N2O2/c1-4(2-8)5-7-6-3-9-5/h3-4,8H,2H2,1H3. The van der Waals surface area contributed by atoms with Crippen LogP contribution in [0, 0.1) is 0 Å². The maximum Gasteiger partial charge on any atom is 0.221 e. The zero-order valence-electron chi connectivity index (χ0n) is 5.11. The van der Waals surface area contributed by atoms with Gasteiger partial charge in [-0.15, -0.1) is 10.2 Å². The van der Waals surface area contributed by atoms with Gasteiger partial charge in [-0.2, -0.15) is 0 Å². The molecule has 0 aromatic carbocycles.